The van der Waals surface area contributed by atoms with E-state index in [-0.39, 0.29) is 18.5 Å². The molecule has 1 aliphatic rings. The Morgan fingerprint density at radius 2 is 2.08 bits per heavy atom. The van der Waals surface area contributed by atoms with Gasteiger partial charge in [0.2, 0.25) is 5.13 Å². The Morgan fingerprint density at radius 1 is 1.32 bits per heavy atom. The molecule has 2 N–H and O–H groups in total. The normalized spacial score (nSPS) is 23.4. The fourth-order valence-corrected chi connectivity index (χ4v) is 4.47. The summed E-state index contributed by atoms with van der Waals surface area (Å²) >= 11 is 2.38. The standard InChI is InChI=1S/C16H25N3O4S2/c1-9(2)11-5-4-10(3)6-12(11)23-13(20)7-22-14(21)8-24-16-19-18-15(17)25-16/h9-12H,4-8H2,1-3H3,(H2,17,18)/t10-,11-,12+/m0/s1. The third-order valence-corrected chi connectivity index (χ3v) is 6.19. The number of nitrogens with zero attached hydrogens (tertiary/aromatic N) is 2. The van der Waals surface area contributed by atoms with E-state index in [0.29, 0.717) is 27.2 Å². The summed E-state index contributed by atoms with van der Waals surface area (Å²) in [4.78, 5) is 23.7. The smallest absolute Gasteiger partial charge is 0.344 e. The van der Waals surface area contributed by atoms with E-state index in [2.05, 4.69) is 31.0 Å². The molecule has 1 aliphatic carbocycles. The maximum atomic E-state index is 12.0. The largest absolute Gasteiger partial charge is 0.460 e. The zero-order valence-corrected chi connectivity index (χ0v) is 16.4. The van der Waals surface area contributed by atoms with Crippen molar-refractivity contribution >= 4 is 40.2 Å². The summed E-state index contributed by atoms with van der Waals surface area (Å²) in [5, 5.41) is 7.81. The predicted octanol–water partition coefficient (Wildman–Crippen LogP) is 2.76. The topological polar surface area (TPSA) is 104 Å². The van der Waals surface area contributed by atoms with Gasteiger partial charge in [-0.25, -0.2) is 4.79 Å². The minimum absolute atomic E-state index is 0.0526. The van der Waals surface area contributed by atoms with E-state index < -0.39 is 11.9 Å². The number of thioether (sulfide) groups is 1. The third-order valence-electron chi connectivity index (χ3n) is 4.33. The van der Waals surface area contributed by atoms with Gasteiger partial charge in [0, 0.05) is 0 Å². The summed E-state index contributed by atoms with van der Waals surface area (Å²) in [7, 11) is 0. The van der Waals surface area contributed by atoms with Crippen LogP contribution < -0.4 is 5.73 Å². The number of rotatable bonds is 7. The van der Waals surface area contributed by atoms with Gasteiger partial charge in [-0.2, -0.15) is 0 Å². The van der Waals surface area contributed by atoms with Crippen molar-refractivity contribution in [2.45, 2.75) is 50.5 Å². The minimum atomic E-state index is -0.492. The van der Waals surface area contributed by atoms with E-state index in [1.54, 1.807) is 0 Å². The van der Waals surface area contributed by atoms with Gasteiger partial charge in [0.15, 0.2) is 10.9 Å². The van der Waals surface area contributed by atoms with Crippen molar-refractivity contribution < 1.29 is 19.1 Å². The second-order valence-corrected chi connectivity index (χ2v) is 8.94. The van der Waals surface area contributed by atoms with Crippen LogP contribution in [0.4, 0.5) is 5.13 Å². The van der Waals surface area contributed by atoms with E-state index in [1.165, 1.54) is 29.5 Å². The number of carbonyl (C=O) groups is 2. The van der Waals surface area contributed by atoms with Crippen LogP contribution in [0, 0.1) is 17.8 Å². The second-order valence-electron chi connectivity index (χ2n) is 6.71. The number of anilines is 1. The van der Waals surface area contributed by atoms with Crippen LogP contribution in [0.5, 0.6) is 0 Å². The average Bonchev–Trinajstić information content (AvgIpc) is 2.96. The van der Waals surface area contributed by atoms with Crippen molar-refractivity contribution in [3.8, 4) is 0 Å². The van der Waals surface area contributed by atoms with Crippen LogP contribution in [-0.2, 0) is 19.1 Å². The lowest BCUT2D eigenvalue weighted by molar-refractivity contribution is -0.166. The van der Waals surface area contributed by atoms with E-state index in [0.717, 1.165) is 12.8 Å². The lowest BCUT2D eigenvalue weighted by atomic mass is 9.75. The Bertz CT molecular complexity index is 594. The number of aromatic nitrogens is 2. The molecule has 1 heterocycles. The van der Waals surface area contributed by atoms with Crippen molar-refractivity contribution in [3.63, 3.8) is 0 Å². The zero-order chi connectivity index (χ0) is 18.4. The van der Waals surface area contributed by atoms with Crippen LogP contribution in [0.2, 0.25) is 0 Å². The monoisotopic (exact) mass is 387 g/mol. The molecule has 25 heavy (non-hydrogen) atoms. The molecule has 7 nitrogen and oxygen atoms in total. The molecule has 1 saturated carbocycles. The molecule has 0 saturated heterocycles. The van der Waals surface area contributed by atoms with Crippen molar-refractivity contribution in [3.05, 3.63) is 0 Å². The van der Waals surface area contributed by atoms with Gasteiger partial charge >= 0.3 is 11.9 Å². The maximum Gasteiger partial charge on any atom is 0.344 e. The highest BCUT2D eigenvalue weighted by Gasteiger charge is 2.33. The molecule has 0 aromatic carbocycles. The Morgan fingerprint density at radius 3 is 2.72 bits per heavy atom. The summed E-state index contributed by atoms with van der Waals surface area (Å²) in [5.74, 6) is 0.456. The van der Waals surface area contributed by atoms with Crippen LogP contribution in [0.1, 0.15) is 40.0 Å². The van der Waals surface area contributed by atoms with E-state index in [9.17, 15) is 9.59 Å². The number of ether oxygens (including phenoxy) is 2. The summed E-state index contributed by atoms with van der Waals surface area (Å²) in [6, 6.07) is 0. The quantitative estimate of drug-likeness (QED) is 0.562. The number of hydrogen-bond acceptors (Lipinski definition) is 9. The van der Waals surface area contributed by atoms with E-state index in [1.807, 2.05) is 0 Å². The molecule has 2 rings (SSSR count). The highest BCUT2D eigenvalue weighted by molar-refractivity contribution is 8.01. The van der Waals surface area contributed by atoms with Gasteiger partial charge in [-0.1, -0.05) is 50.3 Å². The Balaban J connectivity index is 1.72. The van der Waals surface area contributed by atoms with Gasteiger partial charge in [-0.05, 0) is 30.6 Å². The molecule has 1 fully saturated rings. The Hall–Kier alpha value is -1.35. The molecule has 3 atom stereocenters. The van der Waals surface area contributed by atoms with E-state index >= 15 is 0 Å². The molecule has 0 bridgehead atoms. The molecular formula is C16H25N3O4S2. The summed E-state index contributed by atoms with van der Waals surface area (Å²) in [5.41, 5.74) is 5.47. The van der Waals surface area contributed by atoms with Gasteiger partial charge in [0.1, 0.15) is 6.10 Å². The Kier molecular flexibility index (Phi) is 7.49. The fourth-order valence-electron chi connectivity index (χ4n) is 3.03. The molecular weight excluding hydrogens is 362 g/mol. The number of nitrogens with two attached hydrogens (primary N) is 1. The number of esters is 2. The van der Waals surface area contributed by atoms with Crippen molar-refractivity contribution in [1.82, 2.24) is 10.2 Å². The fraction of sp³-hybridized carbons (Fsp3) is 0.750. The predicted molar refractivity (Wildman–Crippen MR) is 97.2 cm³/mol. The second kappa shape index (κ2) is 9.38. The third kappa shape index (κ3) is 6.47. The number of hydrogen-bond donors (Lipinski definition) is 1. The van der Waals surface area contributed by atoms with Crippen LogP contribution in [-0.4, -0.2) is 40.6 Å². The molecule has 0 unspecified atom stereocenters. The summed E-state index contributed by atoms with van der Waals surface area (Å²) < 4.78 is 11.2. The highest BCUT2D eigenvalue weighted by Crippen LogP contribution is 2.35. The summed E-state index contributed by atoms with van der Waals surface area (Å²) in [6.07, 6.45) is 3.02. The van der Waals surface area contributed by atoms with Gasteiger partial charge in [-0.3, -0.25) is 4.79 Å². The first-order valence-electron chi connectivity index (χ1n) is 8.42. The molecule has 0 aliphatic heterocycles. The lowest BCUT2D eigenvalue weighted by Crippen LogP contribution is -2.36. The van der Waals surface area contributed by atoms with Crippen LogP contribution in [0.15, 0.2) is 4.34 Å². The molecule has 9 heteroatoms. The first-order chi connectivity index (χ1) is 11.8. The van der Waals surface area contributed by atoms with Gasteiger partial charge in [-0.15, -0.1) is 10.2 Å². The maximum absolute atomic E-state index is 12.0. The molecule has 0 amide bonds. The van der Waals surface area contributed by atoms with Gasteiger partial charge < -0.3 is 15.2 Å². The zero-order valence-electron chi connectivity index (χ0n) is 14.8. The first kappa shape index (κ1) is 20.0. The van der Waals surface area contributed by atoms with Crippen molar-refractivity contribution in [2.24, 2.45) is 17.8 Å². The molecule has 140 valence electrons. The highest BCUT2D eigenvalue weighted by atomic mass is 32.2. The first-order valence-corrected chi connectivity index (χ1v) is 10.2. The molecule has 1 aromatic rings. The van der Waals surface area contributed by atoms with Crippen LogP contribution in [0.3, 0.4) is 0 Å². The number of nitrogen functional groups attached to an aromatic ring is 1. The number of carbonyl (C=O) groups excluding carboxylic acids is 2. The SMILES string of the molecule is CC(C)[C@@H]1CC[C@H](C)C[C@H]1OC(=O)COC(=O)CSc1nnc(N)s1. The van der Waals surface area contributed by atoms with Crippen LogP contribution in [0.25, 0.3) is 0 Å². The molecule has 1 aromatic heterocycles. The average molecular weight is 388 g/mol. The minimum Gasteiger partial charge on any atom is -0.460 e. The lowest BCUT2D eigenvalue weighted by Gasteiger charge is -2.36. The van der Waals surface area contributed by atoms with Gasteiger partial charge in [0.25, 0.3) is 0 Å². The van der Waals surface area contributed by atoms with Crippen molar-refractivity contribution in [2.75, 3.05) is 18.1 Å². The van der Waals surface area contributed by atoms with Crippen LogP contribution >= 0.6 is 23.1 Å². The molecule has 0 radical (unpaired) electrons. The molecule has 0 spiro atoms. The van der Waals surface area contributed by atoms with E-state index in [4.69, 9.17) is 15.2 Å². The summed E-state index contributed by atoms with van der Waals surface area (Å²) in [6.45, 7) is 6.13. The van der Waals surface area contributed by atoms with Gasteiger partial charge in [0.05, 0.1) is 5.75 Å². The Labute approximate surface area is 156 Å². The van der Waals surface area contributed by atoms with Crippen molar-refractivity contribution in [1.29, 1.82) is 0 Å².